The third kappa shape index (κ3) is 5.12. The quantitative estimate of drug-likeness (QED) is 0.639. The van der Waals surface area contributed by atoms with Crippen molar-refractivity contribution in [1.29, 1.82) is 0 Å². The Morgan fingerprint density at radius 3 is 2.52 bits per heavy atom. The number of halogens is 4. The van der Waals surface area contributed by atoms with E-state index in [9.17, 15) is 30.8 Å². The number of alkyl halides is 3. The second-order valence-electron chi connectivity index (χ2n) is 8.72. The van der Waals surface area contributed by atoms with Gasteiger partial charge in [0.1, 0.15) is 11.6 Å². The van der Waals surface area contributed by atoms with E-state index in [-0.39, 0.29) is 37.3 Å². The topological polar surface area (TPSA) is 84.9 Å². The number of amides is 1. The predicted octanol–water partition coefficient (Wildman–Crippen LogP) is 3.06. The molecule has 1 amide bonds. The SMILES string of the molecule is O=C1COc2cccc(F)c2C2CCC(CC2)OCC2[C@@H](NS(=O)(=O)C(F)(F)F)CCCN12. The van der Waals surface area contributed by atoms with Gasteiger partial charge in [-0.3, -0.25) is 4.79 Å². The number of piperidine rings is 1. The summed E-state index contributed by atoms with van der Waals surface area (Å²) in [5.74, 6) is -0.751. The van der Waals surface area contributed by atoms with Crippen LogP contribution in [-0.2, 0) is 19.6 Å². The van der Waals surface area contributed by atoms with Crippen molar-refractivity contribution < 1.29 is 40.2 Å². The van der Waals surface area contributed by atoms with Crippen LogP contribution in [0.15, 0.2) is 18.2 Å². The van der Waals surface area contributed by atoms with Crippen LogP contribution in [0.3, 0.4) is 0 Å². The summed E-state index contributed by atoms with van der Waals surface area (Å²) in [6.07, 6.45) is 2.72. The third-order valence-corrected chi connectivity index (χ3v) is 7.88. The number of nitrogens with one attached hydrogen (secondary N) is 1. The summed E-state index contributed by atoms with van der Waals surface area (Å²) in [5.41, 5.74) is -5.03. The van der Waals surface area contributed by atoms with Crippen LogP contribution in [0, 0.1) is 5.82 Å². The van der Waals surface area contributed by atoms with Gasteiger partial charge in [0.25, 0.3) is 5.91 Å². The Morgan fingerprint density at radius 1 is 1.09 bits per heavy atom. The van der Waals surface area contributed by atoms with Crippen molar-refractivity contribution in [2.75, 3.05) is 19.8 Å². The summed E-state index contributed by atoms with van der Waals surface area (Å²) in [7, 11) is -5.59. The number of ether oxygens (including phenoxy) is 2. The molecule has 7 nitrogen and oxygen atoms in total. The van der Waals surface area contributed by atoms with Crippen LogP contribution >= 0.6 is 0 Å². The molecule has 3 heterocycles. The number of hydrogen-bond acceptors (Lipinski definition) is 5. The lowest BCUT2D eigenvalue weighted by Gasteiger charge is -2.42. The van der Waals surface area contributed by atoms with Crippen LogP contribution in [0.25, 0.3) is 0 Å². The summed E-state index contributed by atoms with van der Waals surface area (Å²) in [6.45, 7) is -0.320. The number of rotatable bonds is 2. The summed E-state index contributed by atoms with van der Waals surface area (Å²) < 4.78 is 90.5. The Kier molecular flexibility index (Phi) is 6.88. The summed E-state index contributed by atoms with van der Waals surface area (Å²) in [6, 6.07) is 2.37. The van der Waals surface area contributed by atoms with Gasteiger partial charge in [-0.1, -0.05) is 6.07 Å². The molecule has 33 heavy (non-hydrogen) atoms. The number of fused-ring (bicyclic) bond motifs is 5. The van der Waals surface area contributed by atoms with E-state index in [2.05, 4.69) is 0 Å². The monoisotopic (exact) mass is 494 g/mol. The first kappa shape index (κ1) is 24.2. The van der Waals surface area contributed by atoms with Crippen LogP contribution in [0.4, 0.5) is 17.6 Å². The lowest BCUT2D eigenvalue weighted by atomic mass is 9.82. The first-order chi connectivity index (χ1) is 15.6. The molecule has 1 saturated heterocycles. The summed E-state index contributed by atoms with van der Waals surface area (Å²) >= 11 is 0. The van der Waals surface area contributed by atoms with Gasteiger partial charge in [0.15, 0.2) is 6.61 Å². The van der Waals surface area contributed by atoms with Crippen molar-refractivity contribution in [1.82, 2.24) is 9.62 Å². The average molecular weight is 495 g/mol. The van der Waals surface area contributed by atoms with Crippen molar-refractivity contribution in [3.05, 3.63) is 29.6 Å². The highest BCUT2D eigenvalue weighted by Crippen LogP contribution is 2.40. The van der Waals surface area contributed by atoms with Crippen molar-refractivity contribution in [2.24, 2.45) is 0 Å². The van der Waals surface area contributed by atoms with Gasteiger partial charge >= 0.3 is 15.5 Å². The minimum Gasteiger partial charge on any atom is -0.483 e. The molecule has 0 spiro atoms. The zero-order chi connectivity index (χ0) is 23.8. The number of sulfonamides is 1. The minimum atomic E-state index is -5.59. The minimum absolute atomic E-state index is 0.0918. The van der Waals surface area contributed by atoms with Gasteiger partial charge in [0, 0.05) is 18.2 Å². The van der Waals surface area contributed by atoms with Crippen molar-refractivity contribution in [3.63, 3.8) is 0 Å². The molecule has 184 valence electrons. The molecule has 2 atom stereocenters. The molecule has 2 fully saturated rings. The van der Waals surface area contributed by atoms with Gasteiger partial charge in [0.05, 0.1) is 18.8 Å². The van der Waals surface area contributed by atoms with Crippen molar-refractivity contribution in [3.8, 4) is 5.75 Å². The highest BCUT2D eigenvalue weighted by molar-refractivity contribution is 7.90. The maximum Gasteiger partial charge on any atom is 0.511 e. The molecule has 1 N–H and O–H groups in total. The van der Waals surface area contributed by atoms with E-state index in [1.807, 2.05) is 0 Å². The molecule has 1 aromatic carbocycles. The Balaban J connectivity index is 1.62. The fourth-order valence-corrected chi connectivity index (χ4v) is 5.80. The van der Waals surface area contributed by atoms with Gasteiger partial charge in [0.2, 0.25) is 0 Å². The van der Waals surface area contributed by atoms with E-state index in [1.165, 1.54) is 17.0 Å². The number of carbonyl (C=O) groups excluding carboxylic acids is 1. The number of hydrogen-bond donors (Lipinski definition) is 1. The van der Waals surface area contributed by atoms with Crippen LogP contribution in [0.5, 0.6) is 5.75 Å². The molecule has 3 aliphatic heterocycles. The van der Waals surface area contributed by atoms with Crippen LogP contribution < -0.4 is 9.46 Å². The second-order valence-corrected chi connectivity index (χ2v) is 10.4. The van der Waals surface area contributed by atoms with E-state index in [0.29, 0.717) is 37.7 Å². The Morgan fingerprint density at radius 2 is 1.82 bits per heavy atom. The molecule has 0 radical (unpaired) electrons. The molecular weight excluding hydrogens is 468 g/mol. The van der Waals surface area contributed by atoms with Crippen molar-refractivity contribution >= 4 is 15.9 Å². The first-order valence-corrected chi connectivity index (χ1v) is 12.5. The molecule has 1 aliphatic carbocycles. The second kappa shape index (κ2) is 9.38. The number of nitrogens with zero attached hydrogens (tertiary/aromatic N) is 1. The average Bonchev–Trinajstić information content (AvgIpc) is 2.77. The molecule has 1 unspecified atom stereocenters. The fraction of sp³-hybridized carbons (Fsp3) is 0.667. The summed E-state index contributed by atoms with van der Waals surface area (Å²) in [5, 5.41) is 0. The zero-order valence-corrected chi connectivity index (χ0v) is 18.6. The van der Waals surface area contributed by atoms with Crippen LogP contribution in [-0.4, -0.2) is 62.7 Å². The third-order valence-electron chi connectivity index (χ3n) is 6.66. The smallest absolute Gasteiger partial charge is 0.483 e. The van der Waals surface area contributed by atoms with Gasteiger partial charge in [-0.05, 0) is 56.6 Å². The molecule has 5 rings (SSSR count). The lowest BCUT2D eigenvalue weighted by Crippen LogP contribution is -2.60. The first-order valence-electron chi connectivity index (χ1n) is 11.0. The normalized spacial score (nSPS) is 29.2. The summed E-state index contributed by atoms with van der Waals surface area (Å²) in [4.78, 5) is 14.3. The van der Waals surface area contributed by atoms with E-state index in [0.717, 1.165) is 0 Å². The van der Waals surface area contributed by atoms with E-state index in [1.54, 1.807) is 10.8 Å². The molecule has 2 bridgehead atoms. The van der Waals surface area contributed by atoms with Gasteiger partial charge < -0.3 is 14.4 Å². The maximum atomic E-state index is 14.6. The molecule has 4 aliphatic rings. The fourth-order valence-electron chi connectivity index (χ4n) is 4.99. The Hall–Kier alpha value is -1.92. The van der Waals surface area contributed by atoms with E-state index < -0.39 is 45.9 Å². The largest absolute Gasteiger partial charge is 0.511 e. The van der Waals surface area contributed by atoms with Crippen LogP contribution in [0.1, 0.15) is 50.0 Å². The predicted molar refractivity (Wildman–Crippen MR) is 109 cm³/mol. The Labute approximate surface area is 189 Å². The zero-order valence-electron chi connectivity index (χ0n) is 17.8. The standard InChI is InChI=1S/C21H26F4N2O5S/c22-15-3-1-5-18-20(15)13-6-8-14(9-7-13)31-11-17-16(26-33(29,30)21(23,24)25)4-2-10-27(17)19(28)12-32-18/h1,3,5,13-14,16-17,26H,2,4,6-12H2/t13?,14?,16-,17?/m0/s1. The number of benzene rings is 1. The lowest BCUT2D eigenvalue weighted by molar-refractivity contribution is -0.140. The molecule has 1 saturated carbocycles. The highest BCUT2D eigenvalue weighted by atomic mass is 32.2. The maximum absolute atomic E-state index is 14.6. The van der Waals surface area contributed by atoms with Gasteiger partial charge in [-0.25, -0.2) is 17.5 Å². The molecule has 1 aromatic rings. The highest BCUT2D eigenvalue weighted by Gasteiger charge is 2.49. The molecule has 0 aromatic heterocycles. The van der Waals surface area contributed by atoms with Gasteiger partial charge in [-0.2, -0.15) is 13.2 Å². The van der Waals surface area contributed by atoms with Crippen molar-refractivity contribution in [2.45, 2.75) is 68.1 Å². The van der Waals surface area contributed by atoms with Gasteiger partial charge in [-0.15, -0.1) is 0 Å². The Bertz CT molecular complexity index is 979. The molecule has 12 heteroatoms. The van der Waals surface area contributed by atoms with Crippen LogP contribution in [0.2, 0.25) is 0 Å². The van der Waals surface area contributed by atoms with E-state index in [4.69, 9.17) is 9.47 Å². The molecular formula is C21H26F4N2O5S. The number of carbonyl (C=O) groups is 1. The van der Waals surface area contributed by atoms with E-state index >= 15 is 0 Å².